The summed E-state index contributed by atoms with van der Waals surface area (Å²) >= 11 is 0. The first-order valence-corrected chi connectivity index (χ1v) is 6.38. The van der Waals surface area contributed by atoms with Crippen LogP contribution in [0.3, 0.4) is 0 Å². The minimum Gasteiger partial charge on any atom is -0.506 e. The monoisotopic (exact) mass is 281 g/mol. The average Bonchev–Trinajstić information content (AvgIpc) is 2.47. The Morgan fingerprint density at radius 2 is 1.95 bits per heavy atom. The zero-order chi connectivity index (χ0) is 15.1. The summed E-state index contributed by atoms with van der Waals surface area (Å²) in [7, 11) is 0. The standard InChI is InChI=1S/C16H15N3O2/c1-12(20)18-15-11-13(7-8-16(15)21)9-10-17-19-14-5-3-2-4-6-14/h2-11,21H,1H3,(H,18,20). The normalized spacial score (nSPS) is 11.1. The molecule has 0 spiro atoms. The van der Waals surface area contributed by atoms with Gasteiger partial charge in [-0.3, -0.25) is 4.79 Å². The number of rotatable bonds is 4. The van der Waals surface area contributed by atoms with E-state index in [2.05, 4.69) is 15.5 Å². The first kappa shape index (κ1) is 14.5. The number of aromatic hydroxyl groups is 1. The quantitative estimate of drug-likeness (QED) is 0.654. The number of carbonyl (C=O) groups is 1. The van der Waals surface area contributed by atoms with Crippen LogP contribution in [0.1, 0.15) is 12.5 Å². The summed E-state index contributed by atoms with van der Waals surface area (Å²) in [4.78, 5) is 11.0. The van der Waals surface area contributed by atoms with E-state index in [1.807, 2.05) is 30.3 Å². The third-order valence-corrected chi connectivity index (χ3v) is 2.59. The number of amides is 1. The summed E-state index contributed by atoms with van der Waals surface area (Å²) in [6.45, 7) is 1.38. The predicted molar refractivity (Wildman–Crippen MR) is 82.4 cm³/mol. The minimum atomic E-state index is -0.241. The van der Waals surface area contributed by atoms with Crippen molar-refractivity contribution in [2.24, 2.45) is 10.2 Å². The molecule has 0 aliphatic heterocycles. The fourth-order valence-electron chi connectivity index (χ4n) is 1.66. The maximum absolute atomic E-state index is 11.0. The van der Waals surface area contributed by atoms with Crippen LogP contribution in [0.15, 0.2) is 65.0 Å². The zero-order valence-electron chi connectivity index (χ0n) is 11.5. The van der Waals surface area contributed by atoms with Crippen LogP contribution in [0, 0.1) is 0 Å². The van der Waals surface area contributed by atoms with Crippen LogP contribution in [0.4, 0.5) is 11.4 Å². The van der Waals surface area contributed by atoms with E-state index in [9.17, 15) is 9.90 Å². The second-order valence-corrected chi connectivity index (χ2v) is 4.32. The lowest BCUT2D eigenvalue weighted by molar-refractivity contribution is -0.114. The van der Waals surface area contributed by atoms with E-state index in [-0.39, 0.29) is 11.7 Å². The van der Waals surface area contributed by atoms with E-state index in [0.717, 1.165) is 11.3 Å². The number of phenolic OH excluding ortho intramolecular Hbond substituents is 1. The molecule has 21 heavy (non-hydrogen) atoms. The SMILES string of the molecule is CC(=O)Nc1cc(C=CN=Nc2ccccc2)ccc1O. The molecule has 0 atom stereocenters. The van der Waals surface area contributed by atoms with Crippen LogP contribution in [-0.2, 0) is 4.79 Å². The number of phenols is 1. The van der Waals surface area contributed by atoms with Crippen LogP contribution in [0.5, 0.6) is 5.75 Å². The lowest BCUT2D eigenvalue weighted by Gasteiger charge is -2.05. The fourth-order valence-corrected chi connectivity index (χ4v) is 1.66. The molecule has 0 saturated carbocycles. The van der Waals surface area contributed by atoms with Crippen LogP contribution in [0.2, 0.25) is 0 Å². The van der Waals surface area contributed by atoms with Gasteiger partial charge in [-0.1, -0.05) is 24.3 Å². The van der Waals surface area contributed by atoms with Crippen LogP contribution >= 0.6 is 0 Å². The highest BCUT2D eigenvalue weighted by Crippen LogP contribution is 2.24. The van der Waals surface area contributed by atoms with E-state index in [4.69, 9.17) is 0 Å². The van der Waals surface area contributed by atoms with Crippen molar-refractivity contribution in [1.82, 2.24) is 0 Å². The number of carbonyl (C=O) groups excluding carboxylic acids is 1. The molecule has 0 saturated heterocycles. The molecular formula is C16H15N3O2. The molecule has 0 aliphatic rings. The van der Waals surface area contributed by atoms with Gasteiger partial charge in [0.1, 0.15) is 5.75 Å². The van der Waals surface area contributed by atoms with E-state index in [1.165, 1.54) is 13.0 Å². The molecule has 2 rings (SSSR count). The van der Waals surface area contributed by atoms with Gasteiger partial charge in [0, 0.05) is 6.92 Å². The maximum atomic E-state index is 11.0. The Balaban J connectivity index is 2.07. The molecule has 0 aliphatic carbocycles. The van der Waals surface area contributed by atoms with Crippen molar-refractivity contribution in [3.8, 4) is 5.75 Å². The number of anilines is 1. The highest BCUT2D eigenvalue weighted by atomic mass is 16.3. The summed E-state index contributed by atoms with van der Waals surface area (Å²) < 4.78 is 0. The summed E-state index contributed by atoms with van der Waals surface area (Å²) in [6.07, 6.45) is 3.29. The Kier molecular flexibility index (Phi) is 4.82. The zero-order valence-corrected chi connectivity index (χ0v) is 11.5. The lowest BCUT2D eigenvalue weighted by Crippen LogP contribution is -2.05. The molecule has 2 N–H and O–H groups in total. The maximum Gasteiger partial charge on any atom is 0.221 e. The summed E-state index contributed by atoms with van der Waals surface area (Å²) in [5.74, 6) is -0.219. The van der Waals surface area contributed by atoms with Gasteiger partial charge in [-0.15, -0.1) is 0 Å². The molecule has 2 aromatic carbocycles. The largest absolute Gasteiger partial charge is 0.506 e. The van der Waals surface area contributed by atoms with Gasteiger partial charge < -0.3 is 10.4 Å². The number of nitrogens with one attached hydrogen (secondary N) is 1. The average molecular weight is 281 g/mol. The van der Waals surface area contributed by atoms with Crippen LogP contribution in [0.25, 0.3) is 6.08 Å². The molecule has 0 heterocycles. The molecule has 5 heteroatoms. The van der Waals surface area contributed by atoms with Crippen molar-refractivity contribution in [2.45, 2.75) is 6.92 Å². The van der Waals surface area contributed by atoms with Crippen molar-refractivity contribution in [3.05, 3.63) is 60.3 Å². The highest BCUT2D eigenvalue weighted by Gasteiger charge is 2.02. The topological polar surface area (TPSA) is 74.0 Å². The molecule has 0 bridgehead atoms. The van der Waals surface area contributed by atoms with E-state index in [0.29, 0.717) is 5.69 Å². The van der Waals surface area contributed by atoms with E-state index >= 15 is 0 Å². The molecule has 0 unspecified atom stereocenters. The van der Waals surface area contributed by atoms with Crippen molar-refractivity contribution in [3.63, 3.8) is 0 Å². The molecule has 1 amide bonds. The first-order chi connectivity index (χ1) is 10.1. The second-order valence-electron chi connectivity index (χ2n) is 4.32. The van der Waals surface area contributed by atoms with E-state index in [1.54, 1.807) is 24.4 Å². The van der Waals surface area contributed by atoms with Gasteiger partial charge in [0.05, 0.1) is 17.6 Å². The Bertz CT molecular complexity index is 679. The summed E-state index contributed by atoms with van der Waals surface area (Å²) in [6, 6.07) is 14.3. The highest BCUT2D eigenvalue weighted by molar-refractivity contribution is 5.90. The Labute approximate surface area is 122 Å². The molecule has 2 aromatic rings. The van der Waals surface area contributed by atoms with Gasteiger partial charge in [-0.2, -0.15) is 10.2 Å². The second kappa shape index (κ2) is 7.00. The van der Waals surface area contributed by atoms with Gasteiger partial charge in [0.25, 0.3) is 0 Å². The lowest BCUT2D eigenvalue weighted by atomic mass is 10.2. The number of hydrogen-bond donors (Lipinski definition) is 2. The molecule has 0 fully saturated rings. The molecule has 0 radical (unpaired) electrons. The summed E-state index contributed by atoms with van der Waals surface area (Å²) in [5, 5.41) is 20.1. The van der Waals surface area contributed by atoms with Gasteiger partial charge in [-0.25, -0.2) is 0 Å². The van der Waals surface area contributed by atoms with Gasteiger partial charge in [-0.05, 0) is 35.9 Å². The Morgan fingerprint density at radius 1 is 1.19 bits per heavy atom. The minimum absolute atomic E-state index is 0.0215. The van der Waals surface area contributed by atoms with Crippen molar-refractivity contribution in [2.75, 3.05) is 5.32 Å². The fraction of sp³-hybridized carbons (Fsp3) is 0.0625. The van der Waals surface area contributed by atoms with Gasteiger partial charge >= 0.3 is 0 Å². The van der Waals surface area contributed by atoms with E-state index < -0.39 is 0 Å². The van der Waals surface area contributed by atoms with Crippen LogP contribution in [-0.4, -0.2) is 11.0 Å². The third kappa shape index (κ3) is 4.58. The van der Waals surface area contributed by atoms with Crippen molar-refractivity contribution >= 4 is 23.4 Å². The van der Waals surface area contributed by atoms with Crippen molar-refractivity contribution < 1.29 is 9.90 Å². The number of hydrogen-bond acceptors (Lipinski definition) is 4. The van der Waals surface area contributed by atoms with Gasteiger partial charge in [0.2, 0.25) is 5.91 Å². The smallest absolute Gasteiger partial charge is 0.221 e. The molecule has 5 nitrogen and oxygen atoms in total. The number of azo groups is 1. The molecular weight excluding hydrogens is 266 g/mol. The predicted octanol–water partition coefficient (Wildman–Crippen LogP) is 4.11. The van der Waals surface area contributed by atoms with Gasteiger partial charge in [0.15, 0.2) is 0 Å². The number of nitrogens with zero attached hydrogens (tertiary/aromatic N) is 2. The van der Waals surface area contributed by atoms with Crippen LogP contribution < -0.4 is 5.32 Å². The molecule has 0 aromatic heterocycles. The first-order valence-electron chi connectivity index (χ1n) is 6.38. The third-order valence-electron chi connectivity index (χ3n) is 2.59. The molecule has 106 valence electrons. The van der Waals surface area contributed by atoms with Crippen molar-refractivity contribution in [1.29, 1.82) is 0 Å². The Hall–Kier alpha value is -2.95. The number of benzene rings is 2. The Morgan fingerprint density at radius 3 is 2.67 bits per heavy atom. The summed E-state index contributed by atoms with van der Waals surface area (Å²) in [5.41, 5.74) is 1.93.